The van der Waals surface area contributed by atoms with Gasteiger partial charge in [-0.05, 0) is 28.0 Å². The first kappa shape index (κ1) is 17.9. The van der Waals surface area contributed by atoms with Gasteiger partial charge in [0.05, 0.1) is 6.54 Å². The normalized spacial score (nSPS) is 12.8. The maximum atomic E-state index is 12.1. The molecule has 0 aliphatic rings. The van der Waals surface area contributed by atoms with E-state index in [2.05, 4.69) is 38.2 Å². The summed E-state index contributed by atoms with van der Waals surface area (Å²) in [5.74, 6) is 0.298. The summed E-state index contributed by atoms with van der Waals surface area (Å²) in [6, 6.07) is 12.1. The number of hydrogen-bond acceptors (Lipinski definition) is 3. The molecule has 2 aromatic rings. The van der Waals surface area contributed by atoms with Gasteiger partial charge < -0.3 is 5.32 Å². The van der Waals surface area contributed by atoms with Crippen molar-refractivity contribution in [1.82, 2.24) is 5.32 Å². The number of carbonyl (C=O) groups excluding carboxylic acids is 1. The van der Waals surface area contributed by atoms with Crippen molar-refractivity contribution in [3.05, 3.63) is 57.8 Å². The number of hydrogen-bond donors (Lipinski definition) is 1. The number of thiophene rings is 1. The topological polar surface area (TPSA) is 46.2 Å². The Labute approximate surface area is 144 Å². The smallest absolute Gasteiger partial charge is 0.232 e. The predicted octanol–water partition coefficient (Wildman–Crippen LogP) is 3.61. The molecule has 1 unspecified atom stereocenters. The third-order valence-electron chi connectivity index (χ3n) is 3.48. The highest BCUT2D eigenvalue weighted by Crippen LogP contribution is 2.22. The van der Waals surface area contributed by atoms with Gasteiger partial charge in [-0.1, -0.05) is 51.1 Å². The second-order valence-electron chi connectivity index (χ2n) is 6.53. The lowest BCUT2D eigenvalue weighted by Gasteiger charge is -2.19. The van der Waals surface area contributed by atoms with Crippen LogP contribution in [-0.4, -0.2) is 15.9 Å². The molecule has 0 radical (unpaired) electrons. The number of carbonyl (C=O) groups is 1. The van der Waals surface area contributed by atoms with E-state index < -0.39 is 10.8 Å². The monoisotopic (exact) mass is 349 g/mol. The minimum atomic E-state index is -1.19. The molecule has 0 aliphatic heterocycles. The Morgan fingerprint density at radius 3 is 2.43 bits per heavy atom. The molecule has 0 saturated heterocycles. The largest absolute Gasteiger partial charge is 0.350 e. The number of benzene rings is 1. The average Bonchev–Trinajstić information content (AvgIpc) is 2.98. The highest BCUT2D eigenvalue weighted by Gasteiger charge is 2.14. The van der Waals surface area contributed by atoms with Gasteiger partial charge in [0, 0.05) is 21.4 Å². The SMILES string of the molecule is CC(C)(C)c1ccc(CS(=O)CC(=O)NCc2cccs2)cc1. The molecule has 1 amide bonds. The molecule has 0 aliphatic carbocycles. The molecule has 23 heavy (non-hydrogen) atoms. The highest BCUT2D eigenvalue weighted by molar-refractivity contribution is 7.84. The zero-order valence-corrected chi connectivity index (χ0v) is 15.4. The average molecular weight is 350 g/mol. The van der Waals surface area contributed by atoms with Crippen LogP contribution in [0.1, 0.15) is 36.8 Å². The van der Waals surface area contributed by atoms with Gasteiger partial charge in [-0.2, -0.15) is 0 Å². The van der Waals surface area contributed by atoms with Crippen LogP contribution in [0.3, 0.4) is 0 Å². The predicted molar refractivity (Wildman–Crippen MR) is 98.0 cm³/mol. The molecule has 1 atom stereocenters. The molecule has 0 fully saturated rings. The molecule has 1 heterocycles. The summed E-state index contributed by atoms with van der Waals surface area (Å²) < 4.78 is 12.1. The fourth-order valence-electron chi connectivity index (χ4n) is 2.13. The van der Waals surface area contributed by atoms with Crippen LogP contribution < -0.4 is 5.32 Å². The van der Waals surface area contributed by atoms with Crippen LogP contribution in [0, 0.1) is 0 Å². The summed E-state index contributed by atoms with van der Waals surface area (Å²) in [7, 11) is -1.19. The van der Waals surface area contributed by atoms with Gasteiger partial charge in [0.25, 0.3) is 0 Å². The molecule has 0 bridgehead atoms. The minimum Gasteiger partial charge on any atom is -0.350 e. The first-order chi connectivity index (χ1) is 10.8. The fraction of sp³-hybridized carbons (Fsp3) is 0.389. The Hall–Kier alpha value is -1.46. The van der Waals surface area contributed by atoms with Gasteiger partial charge in [0.1, 0.15) is 5.75 Å². The van der Waals surface area contributed by atoms with E-state index in [0.29, 0.717) is 12.3 Å². The van der Waals surface area contributed by atoms with Gasteiger partial charge in [0.15, 0.2) is 0 Å². The number of rotatable bonds is 6. The maximum absolute atomic E-state index is 12.1. The first-order valence-corrected chi connectivity index (χ1v) is 9.95. The zero-order chi connectivity index (χ0) is 16.9. The second kappa shape index (κ2) is 7.88. The molecular weight excluding hydrogens is 326 g/mol. The van der Waals surface area contributed by atoms with Crippen molar-refractivity contribution in [2.75, 3.05) is 5.75 Å². The summed E-state index contributed by atoms with van der Waals surface area (Å²) in [6.45, 7) is 7.00. The lowest BCUT2D eigenvalue weighted by atomic mass is 9.87. The lowest BCUT2D eigenvalue weighted by Crippen LogP contribution is -2.27. The molecule has 3 nitrogen and oxygen atoms in total. The van der Waals surface area contributed by atoms with E-state index in [4.69, 9.17) is 0 Å². The molecular formula is C18H23NO2S2. The van der Waals surface area contributed by atoms with E-state index in [1.165, 1.54) is 5.56 Å². The van der Waals surface area contributed by atoms with Crippen LogP contribution in [0.5, 0.6) is 0 Å². The van der Waals surface area contributed by atoms with Gasteiger partial charge in [-0.3, -0.25) is 9.00 Å². The molecule has 1 aromatic heterocycles. The molecule has 124 valence electrons. The Kier molecular flexibility index (Phi) is 6.13. The van der Waals surface area contributed by atoms with E-state index >= 15 is 0 Å². The van der Waals surface area contributed by atoms with E-state index in [1.807, 2.05) is 29.6 Å². The zero-order valence-electron chi connectivity index (χ0n) is 13.8. The van der Waals surface area contributed by atoms with Crippen molar-refractivity contribution in [1.29, 1.82) is 0 Å². The fourth-order valence-corrected chi connectivity index (χ4v) is 3.84. The van der Waals surface area contributed by atoms with Crippen LogP contribution in [0.25, 0.3) is 0 Å². The van der Waals surface area contributed by atoms with Gasteiger partial charge in [0.2, 0.25) is 5.91 Å². The summed E-state index contributed by atoms with van der Waals surface area (Å²) in [4.78, 5) is 12.9. The Bertz CT molecular complexity index is 655. The highest BCUT2D eigenvalue weighted by atomic mass is 32.2. The maximum Gasteiger partial charge on any atom is 0.232 e. The van der Waals surface area contributed by atoms with Gasteiger partial charge >= 0.3 is 0 Å². The standard InChI is InChI=1S/C18H23NO2S2/c1-18(2,3)15-8-6-14(7-9-15)12-23(21)13-17(20)19-11-16-5-4-10-22-16/h4-10H,11-13H2,1-3H3,(H,19,20). The van der Waals surface area contributed by atoms with E-state index in [0.717, 1.165) is 10.4 Å². The quantitative estimate of drug-likeness (QED) is 0.866. The number of amides is 1. The molecule has 0 saturated carbocycles. The van der Waals surface area contributed by atoms with Crippen molar-refractivity contribution in [3.63, 3.8) is 0 Å². The Morgan fingerprint density at radius 1 is 1.17 bits per heavy atom. The first-order valence-electron chi connectivity index (χ1n) is 7.58. The lowest BCUT2D eigenvalue weighted by molar-refractivity contribution is -0.118. The van der Waals surface area contributed by atoms with E-state index in [1.54, 1.807) is 11.3 Å². The molecule has 1 aromatic carbocycles. The summed E-state index contributed by atoms with van der Waals surface area (Å²) in [6.07, 6.45) is 0. The van der Waals surface area contributed by atoms with Crippen molar-refractivity contribution in [2.24, 2.45) is 0 Å². The summed E-state index contributed by atoms with van der Waals surface area (Å²) in [5.41, 5.74) is 2.36. The third-order valence-corrected chi connectivity index (χ3v) is 5.60. The Morgan fingerprint density at radius 2 is 1.87 bits per heavy atom. The van der Waals surface area contributed by atoms with Crippen molar-refractivity contribution >= 4 is 28.0 Å². The van der Waals surface area contributed by atoms with Gasteiger partial charge in [-0.15, -0.1) is 11.3 Å². The van der Waals surface area contributed by atoms with Crippen LogP contribution >= 0.6 is 11.3 Å². The van der Waals surface area contributed by atoms with Crippen LogP contribution in [0.15, 0.2) is 41.8 Å². The molecule has 2 rings (SSSR count). The molecule has 5 heteroatoms. The van der Waals surface area contributed by atoms with Crippen molar-refractivity contribution in [3.8, 4) is 0 Å². The second-order valence-corrected chi connectivity index (χ2v) is 9.02. The third kappa shape index (κ3) is 5.92. The van der Waals surface area contributed by atoms with Crippen molar-refractivity contribution < 1.29 is 9.00 Å². The summed E-state index contributed by atoms with van der Waals surface area (Å²) in [5, 5.41) is 4.78. The van der Waals surface area contributed by atoms with Crippen molar-refractivity contribution in [2.45, 2.75) is 38.5 Å². The summed E-state index contributed by atoms with van der Waals surface area (Å²) >= 11 is 1.60. The minimum absolute atomic E-state index is 0.0480. The van der Waals surface area contributed by atoms with Gasteiger partial charge in [-0.25, -0.2) is 0 Å². The van der Waals surface area contributed by atoms with E-state index in [-0.39, 0.29) is 17.1 Å². The van der Waals surface area contributed by atoms with Crippen LogP contribution in [-0.2, 0) is 33.3 Å². The van der Waals surface area contributed by atoms with Crippen LogP contribution in [0.2, 0.25) is 0 Å². The molecule has 0 spiro atoms. The van der Waals surface area contributed by atoms with Crippen LogP contribution in [0.4, 0.5) is 0 Å². The number of nitrogens with one attached hydrogen (secondary N) is 1. The van der Waals surface area contributed by atoms with E-state index in [9.17, 15) is 9.00 Å². The molecule has 1 N–H and O–H groups in total. The Balaban J connectivity index is 1.81.